The topological polar surface area (TPSA) is 138 Å². The Hall–Kier alpha value is -3.96. The molecule has 2 amide bonds. The van der Waals surface area contributed by atoms with E-state index >= 15 is 0 Å². The van der Waals surface area contributed by atoms with Crippen LogP contribution in [0.15, 0.2) is 48.9 Å². The molecular weight excluding hydrogens is 490 g/mol. The number of aromatic nitrogens is 4. The van der Waals surface area contributed by atoms with Crippen LogP contribution in [0.2, 0.25) is 0 Å². The fourth-order valence-corrected chi connectivity index (χ4v) is 5.65. The highest BCUT2D eigenvalue weighted by molar-refractivity contribution is 7.23. The SMILES string of the molecule is CCN(C(N)=O)c1nc2cc(-c3cnc(C(C)(C)C(C(=O)O)N(C)C)nc3)cc(-c3ccccn3)c2s1. The number of likely N-dealkylation sites (N-methyl/N-ethyl adjacent to an activating group) is 1. The van der Waals surface area contributed by atoms with Gasteiger partial charge in [-0.15, -0.1) is 0 Å². The summed E-state index contributed by atoms with van der Waals surface area (Å²) in [5.74, 6) is -0.510. The maximum Gasteiger partial charge on any atom is 0.321 e. The summed E-state index contributed by atoms with van der Waals surface area (Å²) in [7, 11) is 3.45. The number of nitrogens with zero attached hydrogens (tertiary/aromatic N) is 6. The molecule has 0 radical (unpaired) electrons. The molecule has 3 aromatic heterocycles. The molecule has 1 aromatic carbocycles. The molecule has 0 spiro atoms. The molecule has 0 saturated heterocycles. The monoisotopic (exact) mass is 519 g/mol. The van der Waals surface area contributed by atoms with Crippen LogP contribution in [0.25, 0.3) is 32.6 Å². The number of thiazole rings is 1. The predicted octanol–water partition coefficient (Wildman–Crippen LogP) is 4.01. The molecule has 1 unspecified atom stereocenters. The first-order chi connectivity index (χ1) is 17.5. The van der Waals surface area contributed by atoms with E-state index in [0.717, 1.165) is 27.1 Å². The highest BCUT2D eigenvalue weighted by atomic mass is 32.1. The average Bonchev–Trinajstić information content (AvgIpc) is 3.27. The number of fused-ring (bicyclic) bond motifs is 1. The number of hydrogen-bond acceptors (Lipinski definition) is 8. The number of aliphatic carboxylic acids is 1. The van der Waals surface area contributed by atoms with Gasteiger partial charge in [-0.05, 0) is 50.8 Å². The standard InChI is InChI=1S/C26H29N7O3S/c1-6-33(24(27)36)25-31-19-12-15(11-17(20(19)37-25)18-9-7-8-10-28-18)16-13-29-23(30-14-16)26(2,3)21(22(34)35)32(4)5/h7-14,21H,6H2,1-5H3,(H2,27,36)(H,34,35). The molecule has 0 saturated carbocycles. The second-order valence-electron chi connectivity index (χ2n) is 9.39. The molecule has 3 heterocycles. The molecule has 0 bridgehead atoms. The van der Waals surface area contributed by atoms with Crippen molar-refractivity contribution in [2.45, 2.75) is 32.2 Å². The van der Waals surface area contributed by atoms with Crippen LogP contribution in [0.5, 0.6) is 0 Å². The van der Waals surface area contributed by atoms with Crippen molar-refractivity contribution < 1.29 is 14.7 Å². The number of hydrogen-bond donors (Lipinski definition) is 2. The molecule has 11 heteroatoms. The summed E-state index contributed by atoms with van der Waals surface area (Å²) in [6.45, 7) is 5.88. The number of carbonyl (C=O) groups is 2. The molecule has 0 aliphatic carbocycles. The number of benzene rings is 1. The van der Waals surface area contributed by atoms with Gasteiger partial charge in [0.1, 0.15) is 11.9 Å². The van der Waals surface area contributed by atoms with Crippen LogP contribution in [-0.4, -0.2) is 68.6 Å². The van der Waals surface area contributed by atoms with Gasteiger partial charge in [0.15, 0.2) is 5.13 Å². The fraction of sp³-hybridized carbons (Fsp3) is 0.308. The van der Waals surface area contributed by atoms with Gasteiger partial charge in [-0.25, -0.2) is 19.7 Å². The van der Waals surface area contributed by atoms with Crippen molar-refractivity contribution in [3.8, 4) is 22.4 Å². The number of primary amides is 1. The Morgan fingerprint density at radius 3 is 2.35 bits per heavy atom. The van der Waals surface area contributed by atoms with Gasteiger partial charge in [0.2, 0.25) is 0 Å². The van der Waals surface area contributed by atoms with Gasteiger partial charge in [-0.3, -0.25) is 19.6 Å². The normalized spacial score (nSPS) is 12.6. The zero-order chi connectivity index (χ0) is 26.9. The van der Waals surface area contributed by atoms with E-state index in [1.165, 1.54) is 16.2 Å². The van der Waals surface area contributed by atoms with E-state index in [9.17, 15) is 14.7 Å². The number of anilines is 1. The maximum atomic E-state index is 11.9. The minimum Gasteiger partial charge on any atom is -0.480 e. The number of carbonyl (C=O) groups excluding carboxylic acids is 1. The summed E-state index contributed by atoms with van der Waals surface area (Å²) in [4.78, 5) is 45.3. The molecule has 0 aliphatic heterocycles. The quantitative estimate of drug-likeness (QED) is 0.356. The first kappa shape index (κ1) is 26.1. The number of carboxylic acids is 1. The lowest BCUT2D eigenvalue weighted by Gasteiger charge is -2.34. The number of pyridine rings is 1. The third-order valence-electron chi connectivity index (χ3n) is 6.23. The first-order valence-corrected chi connectivity index (χ1v) is 12.5. The number of nitrogens with two attached hydrogens (primary N) is 1. The molecule has 1 atom stereocenters. The van der Waals surface area contributed by atoms with Crippen molar-refractivity contribution in [2.75, 3.05) is 25.5 Å². The lowest BCUT2D eigenvalue weighted by molar-refractivity contribution is -0.144. The summed E-state index contributed by atoms with van der Waals surface area (Å²) in [5, 5.41) is 10.3. The molecule has 37 heavy (non-hydrogen) atoms. The van der Waals surface area contributed by atoms with E-state index in [2.05, 4.69) is 15.0 Å². The van der Waals surface area contributed by atoms with Crippen molar-refractivity contribution in [3.63, 3.8) is 0 Å². The Bertz CT molecular complexity index is 1440. The van der Waals surface area contributed by atoms with E-state index < -0.39 is 23.5 Å². The number of urea groups is 1. The largest absolute Gasteiger partial charge is 0.480 e. The second-order valence-corrected chi connectivity index (χ2v) is 10.4. The van der Waals surface area contributed by atoms with Crippen LogP contribution >= 0.6 is 11.3 Å². The molecule has 192 valence electrons. The van der Waals surface area contributed by atoms with Crippen molar-refractivity contribution in [1.82, 2.24) is 24.8 Å². The minimum absolute atomic E-state index is 0.399. The third-order valence-corrected chi connectivity index (χ3v) is 7.36. The van der Waals surface area contributed by atoms with Crippen molar-refractivity contribution >= 4 is 38.7 Å². The van der Waals surface area contributed by atoms with Gasteiger partial charge in [-0.2, -0.15) is 0 Å². The summed E-state index contributed by atoms with van der Waals surface area (Å²) in [5.41, 5.74) is 8.61. The van der Waals surface area contributed by atoms with Crippen LogP contribution in [0.1, 0.15) is 26.6 Å². The lowest BCUT2D eigenvalue weighted by Crippen LogP contribution is -2.50. The minimum atomic E-state index is -0.940. The summed E-state index contributed by atoms with van der Waals surface area (Å²) in [6, 6.07) is 8.22. The van der Waals surface area contributed by atoms with Crippen LogP contribution in [-0.2, 0) is 10.2 Å². The van der Waals surface area contributed by atoms with Gasteiger partial charge < -0.3 is 10.8 Å². The molecule has 4 aromatic rings. The van der Waals surface area contributed by atoms with E-state index in [0.29, 0.717) is 23.0 Å². The zero-order valence-corrected chi connectivity index (χ0v) is 22.2. The Morgan fingerprint density at radius 2 is 1.81 bits per heavy atom. The van der Waals surface area contributed by atoms with E-state index in [-0.39, 0.29) is 0 Å². The number of amides is 2. The zero-order valence-electron chi connectivity index (χ0n) is 21.3. The Balaban J connectivity index is 1.83. The molecular formula is C26H29N7O3S. The van der Waals surface area contributed by atoms with Gasteiger partial charge in [0.25, 0.3) is 0 Å². The molecule has 3 N–H and O–H groups in total. The highest BCUT2D eigenvalue weighted by Gasteiger charge is 2.40. The summed E-state index contributed by atoms with van der Waals surface area (Å²) in [6.07, 6.45) is 5.11. The lowest BCUT2D eigenvalue weighted by atomic mass is 9.82. The Morgan fingerprint density at radius 1 is 1.11 bits per heavy atom. The third kappa shape index (κ3) is 5.00. The van der Waals surface area contributed by atoms with Crippen LogP contribution in [0.4, 0.5) is 9.93 Å². The molecule has 0 aliphatic rings. The van der Waals surface area contributed by atoms with Gasteiger partial charge in [0, 0.05) is 36.3 Å². The van der Waals surface area contributed by atoms with E-state index in [1.54, 1.807) is 37.6 Å². The summed E-state index contributed by atoms with van der Waals surface area (Å²) < 4.78 is 0.881. The predicted molar refractivity (Wildman–Crippen MR) is 145 cm³/mol. The highest BCUT2D eigenvalue weighted by Crippen LogP contribution is 2.39. The fourth-order valence-electron chi connectivity index (χ4n) is 4.51. The Labute approximate surface area is 218 Å². The Kier molecular flexibility index (Phi) is 7.19. The van der Waals surface area contributed by atoms with Crippen LogP contribution in [0.3, 0.4) is 0 Å². The molecule has 0 fully saturated rings. The molecule has 10 nitrogen and oxygen atoms in total. The van der Waals surface area contributed by atoms with Crippen LogP contribution in [0, 0.1) is 0 Å². The number of carboxylic acid groups (broad SMARTS) is 1. The van der Waals surface area contributed by atoms with Crippen molar-refractivity contribution in [3.05, 3.63) is 54.7 Å². The number of rotatable bonds is 8. The summed E-state index contributed by atoms with van der Waals surface area (Å²) >= 11 is 1.38. The first-order valence-electron chi connectivity index (χ1n) is 11.7. The second kappa shape index (κ2) is 10.2. The van der Waals surface area contributed by atoms with Crippen LogP contribution < -0.4 is 10.6 Å². The van der Waals surface area contributed by atoms with Gasteiger partial charge in [0.05, 0.1) is 21.3 Å². The van der Waals surface area contributed by atoms with Crippen molar-refractivity contribution in [2.24, 2.45) is 5.73 Å². The van der Waals surface area contributed by atoms with Gasteiger partial charge >= 0.3 is 12.0 Å². The smallest absolute Gasteiger partial charge is 0.321 e. The van der Waals surface area contributed by atoms with E-state index in [4.69, 9.17) is 10.7 Å². The molecule has 4 rings (SSSR count). The van der Waals surface area contributed by atoms with E-state index in [1.807, 2.05) is 51.1 Å². The van der Waals surface area contributed by atoms with Gasteiger partial charge in [-0.1, -0.05) is 31.3 Å². The van der Waals surface area contributed by atoms with Crippen molar-refractivity contribution in [1.29, 1.82) is 0 Å². The average molecular weight is 520 g/mol. The maximum absolute atomic E-state index is 11.9.